The van der Waals surface area contributed by atoms with Crippen molar-refractivity contribution in [1.82, 2.24) is 4.57 Å². The maximum atomic E-state index is 12.9. The van der Waals surface area contributed by atoms with Crippen LogP contribution < -0.4 is 10.6 Å². The van der Waals surface area contributed by atoms with E-state index in [0.717, 1.165) is 13.0 Å². The second-order valence-corrected chi connectivity index (χ2v) is 4.69. The van der Waals surface area contributed by atoms with E-state index >= 15 is 0 Å². The van der Waals surface area contributed by atoms with Gasteiger partial charge in [0.15, 0.2) is 0 Å². The summed E-state index contributed by atoms with van der Waals surface area (Å²) in [6.07, 6.45) is 2.67. The third kappa shape index (κ3) is 2.82. The summed E-state index contributed by atoms with van der Waals surface area (Å²) < 4.78 is 14.8. The van der Waals surface area contributed by atoms with Crippen molar-refractivity contribution >= 4 is 17.3 Å². The zero-order valence-electron chi connectivity index (χ0n) is 11.6. The van der Waals surface area contributed by atoms with Crippen LogP contribution in [0.4, 0.5) is 15.8 Å². The summed E-state index contributed by atoms with van der Waals surface area (Å²) in [5, 5.41) is 0. The number of benzene rings is 1. The first kappa shape index (κ1) is 14.1. The molecule has 0 saturated heterocycles. The first-order valence-corrected chi connectivity index (χ1v) is 6.52. The molecule has 0 saturated carbocycles. The van der Waals surface area contributed by atoms with E-state index < -0.39 is 0 Å². The fourth-order valence-electron chi connectivity index (χ4n) is 2.09. The third-order valence-corrected chi connectivity index (χ3v) is 3.12. The predicted molar refractivity (Wildman–Crippen MR) is 78.3 cm³/mol. The van der Waals surface area contributed by atoms with Crippen LogP contribution >= 0.6 is 0 Å². The van der Waals surface area contributed by atoms with E-state index in [2.05, 4.69) is 0 Å². The van der Waals surface area contributed by atoms with E-state index in [1.165, 1.54) is 17.0 Å². The van der Waals surface area contributed by atoms with Crippen molar-refractivity contribution in [3.63, 3.8) is 0 Å². The van der Waals surface area contributed by atoms with E-state index in [0.29, 0.717) is 17.1 Å². The van der Waals surface area contributed by atoms with Gasteiger partial charge in [0.2, 0.25) is 0 Å². The minimum atomic E-state index is -0.326. The second-order valence-electron chi connectivity index (χ2n) is 4.69. The molecule has 0 unspecified atom stereocenters. The average Bonchev–Trinajstić information content (AvgIpc) is 2.79. The van der Waals surface area contributed by atoms with Crippen LogP contribution in [-0.2, 0) is 6.54 Å². The quantitative estimate of drug-likeness (QED) is 0.932. The Hall–Kier alpha value is -2.30. The van der Waals surface area contributed by atoms with Gasteiger partial charge in [-0.25, -0.2) is 4.39 Å². The molecule has 2 N–H and O–H groups in total. The number of nitrogen functional groups attached to an aromatic ring is 1. The molecule has 1 aromatic heterocycles. The third-order valence-electron chi connectivity index (χ3n) is 3.12. The molecule has 0 radical (unpaired) electrons. The summed E-state index contributed by atoms with van der Waals surface area (Å²) in [5.74, 6) is -0.491. The van der Waals surface area contributed by atoms with Gasteiger partial charge in [0.25, 0.3) is 5.91 Å². The van der Waals surface area contributed by atoms with Crippen molar-refractivity contribution in [3.8, 4) is 0 Å². The van der Waals surface area contributed by atoms with Gasteiger partial charge in [-0.1, -0.05) is 6.92 Å². The van der Waals surface area contributed by atoms with Crippen molar-refractivity contribution in [2.75, 3.05) is 17.7 Å². The SMILES string of the molecule is CCCn1cc(N)cc1C(=O)N(C)c1ccc(F)cc1. The lowest BCUT2D eigenvalue weighted by Crippen LogP contribution is -2.28. The van der Waals surface area contributed by atoms with Crippen molar-refractivity contribution in [2.24, 2.45) is 0 Å². The number of halogens is 1. The zero-order chi connectivity index (χ0) is 14.7. The van der Waals surface area contributed by atoms with Gasteiger partial charge >= 0.3 is 0 Å². The lowest BCUT2D eigenvalue weighted by molar-refractivity contribution is 0.0984. The minimum absolute atomic E-state index is 0.165. The molecule has 0 aliphatic carbocycles. The van der Waals surface area contributed by atoms with Gasteiger partial charge in [0, 0.05) is 25.5 Å². The van der Waals surface area contributed by atoms with Crippen LogP contribution in [0, 0.1) is 5.82 Å². The van der Waals surface area contributed by atoms with Gasteiger partial charge in [-0.15, -0.1) is 0 Å². The molecular weight excluding hydrogens is 257 g/mol. The van der Waals surface area contributed by atoms with Crippen molar-refractivity contribution in [2.45, 2.75) is 19.9 Å². The van der Waals surface area contributed by atoms with Crippen LogP contribution in [0.1, 0.15) is 23.8 Å². The van der Waals surface area contributed by atoms with Gasteiger partial charge in [-0.2, -0.15) is 0 Å². The Morgan fingerprint density at radius 1 is 1.35 bits per heavy atom. The summed E-state index contributed by atoms with van der Waals surface area (Å²) in [4.78, 5) is 14.0. The summed E-state index contributed by atoms with van der Waals surface area (Å²) in [5.41, 5.74) is 7.51. The highest BCUT2D eigenvalue weighted by Crippen LogP contribution is 2.19. The van der Waals surface area contributed by atoms with Crippen LogP contribution in [0.2, 0.25) is 0 Å². The smallest absolute Gasteiger partial charge is 0.274 e. The molecular formula is C15H18FN3O. The molecule has 4 nitrogen and oxygen atoms in total. The predicted octanol–water partition coefficient (Wildman–Crippen LogP) is 2.90. The Morgan fingerprint density at radius 3 is 2.60 bits per heavy atom. The van der Waals surface area contributed by atoms with E-state index in [-0.39, 0.29) is 11.7 Å². The van der Waals surface area contributed by atoms with E-state index in [1.54, 1.807) is 31.4 Å². The fourth-order valence-corrected chi connectivity index (χ4v) is 2.09. The second kappa shape index (κ2) is 5.77. The van der Waals surface area contributed by atoms with Crippen LogP contribution in [0.15, 0.2) is 36.5 Å². The highest BCUT2D eigenvalue weighted by atomic mass is 19.1. The minimum Gasteiger partial charge on any atom is -0.397 e. The van der Waals surface area contributed by atoms with Gasteiger partial charge in [0.1, 0.15) is 11.5 Å². The summed E-state index contributed by atoms with van der Waals surface area (Å²) >= 11 is 0. The number of nitrogens with two attached hydrogens (primary N) is 1. The average molecular weight is 275 g/mol. The Kier molecular flexibility index (Phi) is 4.08. The molecule has 106 valence electrons. The molecule has 0 aliphatic rings. The monoisotopic (exact) mass is 275 g/mol. The Morgan fingerprint density at radius 2 is 2.00 bits per heavy atom. The number of carbonyl (C=O) groups excluding carboxylic acids is 1. The topological polar surface area (TPSA) is 51.3 Å². The first-order valence-electron chi connectivity index (χ1n) is 6.52. The summed E-state index contributed by atoms with van der Waals surface area (Å²) in [6.45, 7) is 2.77. The largest absolute Gasteiger partial charge is 0.397 e. The fraction of sp³-hybridized carbons (Fsp3) is 0.267. The standard InChI is InChI=1S/C15H18FN3O/c1-3-8-19-10-12(17)9-14(19)15(20)18(2)13-6-4-11(16)5-7-13/h4-7,9-10H,3,8,17H2,1-2H3. The Balaban J connectivity index is 2.28. The first-order chi connectivity index (χ1) is 9.52. The molecule has 5 heteroatoms. The van der Waals surface area contributed by atoms with Crippen LogP contribution in [0.3, 0.4) is 0 Å². The van der Waals surface area contributed by atoms with Crippen LogP contribution in [0.5, 0.6) is 0 Å². The van der Waals surface area contributed by atoms with E-state index in [4.69, 9.17) is 5.73 Å². The molecule has 20 heavy (non-hydrogen) atoms. The van der Waals surface area contributed by atoms with Gasteiger partial charge in [-0.05, 0) is 36.8 Å². The van der Waals surface area contributed by atoms with Gasteiger partial charge in [-0.3, -0.25) is 4.79 Å². The molecule has 0 aliphatic heterocycles. The Bertz CT molecular complexity index is 604. The van der Waals surface area contributed by atoms with Crippen molar-refractivity contribution < 1.29 is 9.18 Å². The molecule has 1 aromatic carbocycles. The van der Waals surface area contributed by atoms with Crippen molar-refractivity contribution in [3.05, 3.63) is 48.0 Å². The number of rotatable bonds is 4. The molecule has 0 bridgehead atoms. The number of aryl methyl sites for hydroxylation is 1. The zero-order valence-corrected chi connectivity index (χ0v) is 11.6. The summed E-state index contributed by atoms with van der Waals surface area (Å²) in [6, 6.07) is 7.47. The van der Waals surface area contributed by atoms with E-state index in [9.17, 15) is 9.18 Å². The highest BCUT2D eigenvalue weighted by molar-refractivity contribution is 6.05. The van der Waals surface area contributed by atoms with Crippen LogP contribution in [-0.4, -0.2) is 17.5 Å². The summed E-state index contributed by atoms with van der Waals surface area (Å²) in [7, 11) is 1.66. The molecule has 1 heterocycles. The maximum Gasteiger partial charge on any atom is 0.274 e. The van der Waals surface area contributed by atoms with Gasteiger partial charge < -0.3 is 15.2 Å². The Labute approximate surface area is 117 Å². The number of carbonyl (C=O) groups is 1. The highest BCUT2D eigenvalue weighted by Gasteiger charge is 2.18. The normalized spacial score (nSPS) is 10.6. The van der Waals surface area contributed by atoms with Crippen LogP contribution in [0.25, 0.3) is 0 Å². The molecule has 0 atom stereocenters. The molecule has 2 rings (SSSR count). The number of hydrogen-bond acceptors (Lipinski definition) is 2. The number of nitrogens with zero attached hydrogens (tertiary/aromatic N) is 2. The molecule has 0 spiro atoms. The van der Waals surface area contributed by atoms with Gasteiger partial charge in [0.05, 0.1) is 5.69 Å². The number of aromatic nitrogens is 1. The lowest BCUT2D eigenvalue weighted by atomic mass is 10.2. The number of hydrogen-bond donors (Lipinski definition) is 1. The lowest BCUT2D eigenvalue weighted by Gasteiger charge is -2.18. The molecule has 0 fully saturated rings. The molecule has 1 amide bonds. The number of amides is 1. The number of anilines is 2. The molecule has 2 aromatic rings. The van der Waals surface area contributed by atoms with E-state index in [1.807, 2.05) is 11.5 Å². The maximum absolute atomic E-state index is 12.9. The van der Waals surface area contributed by atoms with Crippen molar-refractivity contribution in [1.29, 1.82) is 0 Å².